The molecule has 0 rings (SSSR count). The van der Waals surface area contributed by atoms with Crippen LogP contribution in [0.25, 0.3) is 0 Å². The van der Waals surface area contributed by atoms with Crippen molar-refractivity contribution in [3.63, 3.8) is 0 Å². The number of ether oxygens (including phenoxy) is 4. The number of unbranched alkanes of at least 4 members (excludes halogenated alkanes) is 1. The molecule has 0 aliphatic carbocycles. The molecule has 0 aromatic carbocycles. The number of carbonyl (C=O) groups excluding carboxylic acids is 3. The van der Waals surface area contributed by atoms with E-state index in [1.165, 1.54) is 0 Å². The number of hydrogen-bond donors (Lipinski definition) is 4. The zero-order valence-corrected chi connectivity index (χ0v) is 21.1. The highest BCUT2D eigenvalue weighted by atomic mass is 16.6. The molecule has 0 bridgehead atoms. The predicted molar refractivity (Wildman–Crippen MR) is 126 cm³/mol. The molecule has 0 fully saturated rings. The Morgan fingerprint density at radius 1 is 0.735 bits per heavy atom. The Hall–Kier alpha value is -1.83. The lowest BCUT2D eigenvalue weighted by Gasteiger charge is -2.19. The lowest BCUT2D eigenvalue weighted by atomic mass is 10.1. The van der Waals surface area contributed by atoms with Crippen LogP contribution in [0.2, 0.25) is 0 Å². The summed E-state index contributed by atoms with van der Waals surface area (Å²) in [6.07, 6.45) is 1.62. The molecule has 0 radical (unpaired) electrons. The van der Waals surface area contributed by atoms with E-state index in [0.29, 0.717) is 65.4 Å². The van der Waals surface area contributed by atoms with Gasteiger partial charge in [-0.05, 0) is 47.0 Å². The normalized spacial score (nSPS) is 12.1. The van der Waals surface area contributed by atoms with E-state index in [9.17, 15) is 14.4 Å². The van der Waals surface area contributed by atoms with E-state index < -0.39 is 6.04 Å². The van der Waals surface area contributed by atoms with Crippen LogP contribution in [0.4, 0.5) is 0 Å². The first-order valence-corrected chi connectivity index (χ1v) is 11.8. The zero-order valence-electron chi connectivity index (χ0n) is 21.1. The summed E-state index contributed by atoms with van der Waals surface area (Å²) in [6, 6.07) is -0.706. The third kappa shape index (κ3) is 20.8. The minimum absolute atomic E-state index is 0.0107. The van der Waals surface area contributed by atoms with Gasteiger partial charge in [0.1, 0.15) is 19.3 Å². The van der Waals surface area contributed by atoms with Gasteiger partial charge in [0.05, 0.1) is 45.2 Å². The van der Waals surface area contributed by atoms with Crippen LogP contribution < -0.4 is 21.8 Å². The number of nitrogens with one attached hydrogen (secondary N) is 3. The van der Waals surface area contributed by atoms with Gasteiger partial charge in [-0.15, -0.1) is 0 Å². The number of nitrogens with two attached hydrogens (primary N) is 1. The largest absolute Gasteiger partial charge is 0.377 e. The van der Waals surface area contributed by atoms with Gasteiger partial charge in [0, 0.05) is 13.1 Å². The molecule has 12 heteroatoms. The van der Waals surface area contributed by atoms with E-state index >= 15 is 0 Å². The first-order valence-electron chi connectivity index (χ1n) is 11.8. The van der Waals surface area contributed by atoms with Crippen molar-refractivity contribution in [2.45, 2.75) is 65.2 Å². The van der Waals surface area contributed by atoms with Crippen molar-refractivity contribution in [3.05, 3.63) is 0 Å². The van der Waals surface area contributed by atoms with Crippen LogP contribution in [0.1, 0.15) is 47.0 Å². The molecule has 34 heavy (non-hydrogen) atoms. The summed E-state index contributed by atoms with van der Waals surface area (Å²) in [4.78, 5) is 40.8. The maximum absolute atomic E-state index is 12.6. The molecule has 0 saturated carbocycles. The molecule has 0 aromatic rings. The molecule has 12 nitrogen and oxygen atoms in total. The van der Waals surface area contributed by atoms with Crippen molar-refractivity contribution in [2.75, 3.05) is 59.3 Å². The third-order valence-corrected chi connectivity index (χ3v) is 4.25. The minimum Gasteiger partial charge on any atom is -0.377 e. The van der Waals surface area contributed by atoms with Crippen LogP contribution in [0.15, 0.2) is 0 Å². The smallest absolute Gasteiger partial charge is 0.246 e. The van der Waals surface area contributed by atoms with Gasteiger partial charge in [0.25, 0.3) is 0 Å². The van der Waals surface area contributed by atoms with Gasteiger partial charge >= 0.3 is 0 Å². The van der Waals surface area contributed by atoms with Crippen LogP contribution in [0, 0.1) is 0 Å². The molecule has 0 spiro atoms. The van der Waals surface area contributed by atoms with Crippen LogP contribution in [0.5, 0.6) is 0 Å². The van der Waals surface area contributed by atoms with Crippen LogP contribution in [-0.4, -0.2) is 95.3 Å². The first-order chi connectivity index (χ1) is 16.3. The van der Waals surface area contributed by atoms with Gasteiger partial charge < -0.3 is 39.7 Å². The second-order valence-electron chi connectivity index (χ2n) is 8.07. The Balaban J connectivity index is 4.29. The fraction of sp³-hybridized carbons (Fsp3) is 0.864. The third-order valence-electron chi connectivity index (χ3n) is 4.25. The molecule has 0 heterocycles. The molecule has 3 amide bonds. The van der Waals surface area contributed by atoms with E-state index in [0.717, 1.165) is 0 Å². The number of hydrogen-bond acceptors (Lipinski definition) is 9. The maximum atomic E-state index is 12.6. The van der Waals surface area contributed by atoms with Crippen molar-refractivity contribution in [1.29, 1.82) is 0 Å². The van der Waals surface area contributed by atoms with Crippen molar-refractivity contribution in [1.82, 2.24) is 16.0 Å². The predicted octanol–water partition coefficient (Wildman–Crippen LogP) is -0.353. The Morgan fingerprint density at radius 3 is 1.94 bits per heavy atom. The van der Waals surface area contributed by atoms with Gasteiger partial charge in [-0.25, -0.2) is 5.90 Å². The van der Waals surface area contributed by atoms with Crippen LogP contribution in [-0.2, 0) is 38.2 Å². The highest BCUT2D eigenvalue weighted by Crippen LogP contribution is 2.02. The number of carbonyl (C=O) groups is 3. The Morgan fingerprint density at radius 2 is 1.32 bits per heavy atom. The summed E-state index contributed by atoms with van der Waals surface area (Å²) in [5, 5.41) is 8.26. The molecular formula is C22H44N4O8. The van der Waals surface area contributed by atoms with E-state index in [1.54, 1.807) is 0 Å². The molecule has 0 aliphatic rings. The monoisotopic (exact) mass is 492 g/mol. The van der Waals surface area contributed by atoms with E-state index in [4.69, 9.17) is 24.8 Å². The topological polar surface area (TPSA) is 159 Å². The molecule has 0 unspecified atom stereocenters. The fourth-order valence-corrected chi connectivity index (χ4v) is 2.54. The lowest BCUT2D eigenvalue weighted by molar-refractivity contribution is -0.132. The lowest BCUT2D eigenvalue weighted by Crippen LogP contribution is -2.48. The van der Waals surface area contributed by atoms with Gasteiger partial charge in [-0.1, -0.05) is 0 Å². The fourth-order valence-electron chi connectivity index (χ4n) is 2.54. The minimum atomic E-state index is -0.706. The zero-order chi connectivity index (χ0) is 25.6. The number of amides is 3. The maximum Gasteiger partial charge on any atom is 0.246 e. The molecule has 0 saturated heterocycles. The molecule has 5 N–H and O–H groups in total. The quantitative estimate of drug-likeness (QED) is 0.117. The van der Waals surface area contributed by atoms with Crippen molar-refractivity contribution < 1.29 is 38.2 Å². The molecule has 0 aliphatic heterocycles. The van der Waals surface area contributed by atoms with Crippen LogP contribution >= 0.6 is 0 Å². The standard InChI is InChI=1S/C22H44N4O8/c1-17(2)32-15-20(27)24-8-6-5-7-19(26-21(28)16-33-18(3)4)22(29)25-9-10-30-11-12-31-13-14-34-23/h17-19H,5-16,23H2,1-4H3,(H,24,27)(H,25,29)(H,26,28)/t19-/m0/s1. The van der Waals surface area contributed by atoms with Crippen molar-refractivity contribution in [2.24, 2.45) is 5.90 Å². The molecule has 200 valence electrons. The first kappa shape index (κ1) is 32.2. The van der Waals surface area contributed by atoms with Crippen molar-refractivity contribution >= 4 is 17.7 Å². The van der Waals surface area contributed by atoms with E-state index in [2.05, 4.69) is 20.8 Å². The average molecular weight is 493 g/mol. The summed E-state index contributed by atoms with van der Waals surface area (Å²) in [5.74, 6) is 4.06. The summed E-state index contributed by atoms with van der Waals surface area (Å²) in [7, 11) is 0. The number of rotatable bonds is 22. The highest BCUT2D eigenvalue weighted by molar-refractivity contribution is 5.88. The van der Waals surface area contributed by atoms with Crippen molar-refractivity contribution in [3.8, 4) is 0 Å². The van der Waals surface area contributed by atoms with Gasteiger partial charge in [0.15, 0.2) is 0 Å². The Kier molecular flexibility index (Phi) is 20.5. The second-order valence-corrected chi connectivity index (χ2v) is 8.07. The average Bonchev–Trinajstić information content (AvgIpc) is 2.79. The van der Waals surface area contributed by atoms with Gasteiger partial charge in [0.2, 0.25) is 17.7 Å². The summed E-state index contributed by atoms with van der Waals surface area (Å²) in [5.41, 5.74) is 0. The molecule has 0 aromatic heterocycles. The van der Waals surface area contributed by atoms with Gasteiger partial charge in [-0.3, -0.25) is 14.4 Å². The summed E-state index contributed by atoms with van der Waals surface area (Å²) in [6.45, 7) is 9.81. The second kappa shape index (κ2) is 21.7. The molecular weight excluding hydrogens is 448 g/mol. The summed E-state index contributed by atoms with van der Waals surface area (Å²) < 4.78 is 21.2. The Labute approximate surface area is 202 Å². The summed E-state index contributed by atoms with van der Waals surface area (Å²) >= 11 is 0. The Bertz CT molecular complexity index is 549. The van der Waals surface area contributed by atoms with E-state index in [1.807, 2.05) is 27.7 Å². The van der Waals surface area contributed by atoms with E-state index in [-0.39, 0.29) is 43.1 Å². The van der Waals surface area contributed by atoms with Gasteiger partial charge in [-0.2, -0.15) is 0 Å². The highest BCUT2D eigenvalue weighted by Gasteiger charge is 2.20. The SMILES string of the molecule is CC(C)OCC(=O)NCCCC[C@H](NC(=O)COC(C)C)C(=O)NCCOCCOCCON. The molecule has 1 atom stereocenters. The van der Waals surface area contributed by atoms with Crippen LogP contribution in [0.3, 0.4) is 0 Å².